The Morgan fingerprint density at radius 1 is 1.07 bits per heavy atom. The number of nitrogens with zero attached hydrogens (tertiary/aromatic N) is 3. The monoisotopic (exact) mass is 211 g/mol. The van der Waals surface area contributed by atoms with Gasteiger partial charge in [-0.1, -0.05) is 0 Å². The van der Waals surface area contributed by atoms with Gasteiger partial charge in [-0.25, -0.2) is 0 Å². The number of likely N-dealkylation sites (N-methyl/N-ethyl adjacent to an activating group) is 1. The van der Waals surface area contributed by atoms with Gasteiger partial charge < -0.3 is 4.90 Å². The highest BCUT2D eigenvalue weighted by atomic mass is 16.2. The van der Waals surface area contributed by atoms with E-state index in [4.69, 9.17) is 0 Å². The fourth-order valence-corrected chi connectivity index (χ4v) is 1.45. The Kier molecular flexibility index (Phi) is 2.55. The summed E-state index contributed by atoms with van der Waals surface area (Å²) in [4.78, 5) is 23.9. The second kappa shape index (κ2) is 3.85. The van der Waals surface area contributed by atoms with Crippen molar-refractivity contribution in [2.75, 3.05) is 33.2 Å². The van der Waals surface area contributed by atoms with Crippen molar-refractivity contribution in [2.24, 2.45) is 5.10 Å². The zero-order chi connectivity index (χ0) is 10.8. The number of hydrazone groups is 1. The maximum atomic E-state index is 10.8. The van der Waals surface area contributed by atoms with Crippen LogP contribution in [-0.4, -0.2) is 60.9 Å². The van der Waals surface area contributed by atoms with Gasteiger partial charge in [-0.05, 0) is 7.05 Å². The lowest BCUT2D eigenvalue weighted by Crippen LogP contribution is -2.43. The van der Waals surface area contributed by atoms with Crippen LogP contribution in [-0.2, 0) is 9.59 Å². The molecule has 2 aliphatic rings. The van der Waals surface area contributed by atoms with Gasteiger partial charge in [0.2, 0.25) is 5.96 Å². The van der Waals surface area contributed by atoms with Crippen LogP contribution in [0.5, 0.6) is 0 Å². The van der Waals surface area contributed by atoms with Crippen molar-refractivity contribution >= 4 is 17.8 Å². The molecule has 0 aliphatic carbocycles. The fourth-order valence-electron chi connectivity index (χ4n) is 1.45. The minimum absolute atomic E-state index is 0.231. The molecule has 7 nitrogen and oxygen atoms in total. The number of rotatable bonds is 1. The van der Waals surface area contributed by atoms with E-state index in [0.29, 0.717) is 0 Å². The first-order chi connectivity index (χ1) is 7.15. The van der Waals surface area contributed by atoms with Crippen LogP contribution >= 0.6 is 0 Å². The number of carbonyl (C=O) groups excluding carboxylic acids is 2. The summed E-state index contributed by atoms with van der Waals surface area (Å²) < 4.78 is 0. The van der Waals surface area contributed by atoms with E-state index in [-0.39, 0.29) is 5.96 Å². The van der Waals surface area contributed by atoms with Gasteiger partial charge in [0.05, 0.1) is 0 Å². The predicted octanol–water partition coefficient (Wildman–Crippen LogP) is -2.25. The Bertz CT molecular complexity index is 301. The Morgan fingerprint density at radius 3 is 2.13 bits per heavy atom. The predicted molar refractivity (Wildman–Crippen MR) is 52.8 cm³/mol. The van der Waals surface area contributed by atoms with Crippen LogP contribution in [0, 0.1) is 0 Å². The molecule has 82 valence electrons. The number of nitrogens with one attached hydrogen (secondary N) is 2. The lowest BCUT2D eigenvalue weighted by molar-refractivity contribution is -0.135. The van der Waals surface area contributed by atoms with Crippen molar-refractivity contribution in [3.63, 3.8) is 0 Å². The third-order valence-electron chi connectivity index (χ3n) is 2.39. The SMILES string of the molecule is CN1CCN(N=C2NC(=O)C(=O)N2)CC1. The topological polar surface area (TPSA) is 77.0 Å². The van der Waals surface area contributed by atoms with Crippen LogP contribution in [0.25, 0.3) is 0 Å². The third kappa shape index (κ3) is 2.24. The van der Waals surface area contributed by atoms with Gasteiger partial charge in [-0.2, -0.15) is 0 Å². The van der Waals surface area contributed by atoms with Gasteiger partial charge in [-0.3, -0.25) is 25.2 Å². The molecular formula is C8H13N5O2. The molecule has 2 N–H and O–H groups in total. The first-order valence-electron chi connectivity index (χ1n) is 4.79. The molecule has 2 rings (SSSR count). The molecule has 2 amide bonds. The molecular weight excluding hydrogens is 198 g/mol. The number of carbonyl (C=O) groups is 2. The maximum Gasteiger partial charge on any atom is 0.316 e. The minimum atomic E-state index is -0.650. The molecule has 15 heavy (non-hydrogen) atoms. The molecule has 0 saturated carbocycles. The average Bonchev–Trinajstić information content (AvgIpc) is 2.50. The summed E-state index contributed by atoms with van der Waals surface area (Å²) in [6.07, 6.45) is 0. The highest BCUT2D eigenvalue weighted by Crippen LogP contribution is 1.99. The molecule has 2 saturated heterocycles. The molecule has 7 heteroatoms. The van der Waals surface area contributed by atoms with Crippen LogP contribution in [0.3, 0.4) is 0 Å². The summed E-state index contributed by atoms with van der Waals surface area (Å²) >= 11 is 0. The summed E-state index contributed by atoms with van der Waals surface area (Å²) in [5, 5.41) is 10.7. The molecule has 0 aromatic rings. The van der Waals surface area contributed by atoms with Crippen molar-refractivity contribution in [1.29, 1.82) is 0 Å². The molecule has 2 fully saturated rings. The Balaban J connectivity index is 1.94. The van der Waals surface area contributed by atoms with Crippen molar-refractivity contribution in [3.05, 3.63) is 0 Å². The second-order valence-electron chi connectivity index (χ2n) is 3.61. The van der Waals surface area contributed by atoms with E-state index in [0.717, 1.165) is 26.2 Å². The van der Waals surface area contributed by atoms with E-state index >= 15 is 0 Å². The van der Waals surface area contributed by atoms with E-state index in [9.17, 15) is 9.59 Å². The first kappa shape index (κ1) is 9.91. The summed E-state index contributed by atoms with van der Waals surface area (Å²) in [7, 11) is 2.05. The Labute approximate surface area is 87.1 Å². The molecule has 0 aromatic carbocycles. The zero-order valence-electron chi connectivity index (χ0n) is 8.49. The molecule has 0 spiro atoms. The maximum absolute atomic E-state index is 10.8. The van der Waals surface area contributed by atoms with E-state index in [1.807, 2.05) is 12.1 Å². The first-order valence-corrected chi connectivity index (χ1v) is 4.79. The number of guanidine groups is 1. The van der Waals surface area contributed by atoms with Crippen LogP contribution in [0.2, 0.25) is 0 Å². The van der Waals surface area contributed by atoms with Gasteiger partial charge in [0.1, 0.15) is 0 Å². The lowest BCUT2D eigenvalue weighted by Gasteiger charge is -2.30. The van der Waals surface area contributed by atoms with E-state index < -0.39 is 11.8 Å². The van der Waals surface area contributed by atoms with Crippen molar-refractivity contribution in [2.45, 2.75) is 0 Å². The molecule has 0 unspecified atom stereocenters. The molecule has 2 heterocycles. The average molecular weight is 211 g/mol. The summed E-state index contributed by atoms with van der Waals surface area (Å²) in [5.74, 6) is -1.07. The van der Waals surface area contributed by atoms with Crippen LogP contribution in [0.1, 0.15) is 0 Å². The van der Waals surface area contributed by atoms with Crippen molar-refractivity contribution in [3.8, 4) is 0 Å². The zero-order valence-corrected chi connectivity index (χ0v) is 8.49. The largest absolute Gasteiger partial charge is 0.316 e. The number of amides is 2. The van der Waals surface area contributed by atoms with Gasteiger partial charge in [0.25, 0.3) is 0 Å². The van der Waals surface area contributed by atoms with Crippen molar-refractivity contribution < 1.29 is 9.59 Å². The Morgan fingerprint density at radius 2 is 1.60 bits per heavy atom. The second-order valence-corrected chi connectivity index (χ2v) is 3.61. The fraction of sp³-hybridized carbons (Fsp3) is 0.625. The molecule has 0 bridgehead atoms. The number of hydrogen-bond donors (Lipinski definition) is 2. The lowest BCUT2D eigenvalue weighted by atomic mass is 10.4. The van der Waals surface area contributed by atoms with Gasteiger partial charge in [0, 0.05) is 26.2 Å². The molecule has 0 radical (unpaired) electrons. The molecule has 0 aromatic heterocycles. The van der Waals surface area contributed by atoms with E-state index in [1.165, 1.54) is 0 Å². The highest BCUT2D eigenvalue weighted by Gasteiger charge is 2.26. The van der Waals surface area contributed by atoms with E-state index in [1.54, 1.807) is 0 Å². The summed E-state index contributed by atoms with van der Waals surface area (Å²) in [5.41, 5.74) is 0. The highest BCUT2D eigenvalue weighted by molar-refractivity contribution is 6.45. The van der Waals surface area contributed by atoms with Gasteiger partial charge >= 0.3 is 11.8 Å². The third-order valence-corrected chi connectivity index (χ3v) is 2.39. The molecule has 0 atom stereocenters. The van der Waals surface area contributed by atoms with Crippen LogP contribution in [0.15, 0.2) is 5.10 Å². The van der Waals surface area contributed by atoms with Gasteiger partial charge in [-0.15, -0.1) is 5.10 Å². The minimum Gasteiger partial charge on any atom is -0.303 e. The normalized spacial score (nSPS) is 22.7. The quantitative estimate of drug-likeness (QED) is 0.480. The smallest absolute Gasteiger partial charge is 0.303 e. The Hall–Kier alpha value is -1.63. The number of piperazine rings is 1. The van der Waals surface area contributed by atoms with Crippen LogP contribution < -0.4 is 10.6 Å². The standard InChI is InChI=1S/C8H13N5O2/c1-12-2-4-13(5-3-12)11-8-9-6(14)7(15)10-8/h2-5H2,1H3,(H2,9,10,11,14,15). The summed E-state index contributed by atoms with van der Waals surface area (Å²) in [6.45, 7) is 3.45. The number of hydrogen-bond acceptors (Lipinski definition) is 5. The van der Waals surface area contributed by atoms with Gasteiger partial charge in [0.15, 0.2) is 0 Å². The molecule has 2 aliphatic heterocycles. The van der Waals surface area contributed by atoms with Crippen molar-refractivity contribution in [1.82, 2.24) is 20.5 Å². The van der Waals surface area contributed by atoms with Crippen LogP contribution in [0.4, 0.5) is 0 Å². The van der Waals surface area contributed by atoms with E-state index in [2.05, 4.69) is 20.6 Å². The summed E-state index contributed by atoms with van der Waals surface area (Å²) in [6, 6.07) is 0.